The molecule has 168 valence electrons. The second-order valence-electron chi connectivity index (χ2n) is 7.92. The molecule has 0 saturated heterocycles. The number of anilines is 2. The molecule has 0 radical (unpaired) electrons. The highest BCUT2D eigenvalue weighted by atomic mass is 35.5. The van der Waals surface area contributed by atoms with Crippen LogP contribution in [0.4, 0.5) is 11.4 Å². The first-order valence-corrected chi connectivity index (χ1v) is 10.8. The molecule has 0 aliphatic carbocycles. The van der Waals surface area contributed by atoms with Crippen LogP contribution in [0.2, 0.25) is 5.02 Å². The highest BCUT2D eigenvalue weighted by molar-refractivity contribution is 6.30. The average molecular weight is 464 g/mol. The van der Waals surface area contributed by atoms with Crippen LogP contribution in [0.5, 0.6) is 11.5 Å². The molecule has 0 fully saturated rings. The molecule has 0 aromatic heterocycles. The van der Waals surface area contributed by atoms with Crippen LogP contribution in [-0.4, -0.2) is 36.5 Å². The fourth-order valence-corrected chi connectivity index (χ4v) is 4.65. The van der Waals surface area contributed by atoms with Gasteiger partial charge in [0, 0.05) is 17.0 Å². The van der Waals surface area contributed by atoms with Crippen molar-refractivity contribution in [1.82, 2.24) is 0 Å². The SMILES string of the molecule is COc1ccc2c(c1OC)NC(=O)[C@@]1(CC(c3ccccc3)=NN1c1ccc(Cl)cc1)[C@@H]2O. The minimum atomic E-state index is -1.40. The molecular weight excluding hydrogens is 442 g/mol. The normalized spacial score (nSPS) is 21.5. The highest BCUT2D eigenvalue weighted by Crippen LogP contribution is 2.51. The van der Waals surface area contributed by atoms with Gasteiger partial charge in [0.25, 0.3) is 5.91 Å². The Hall–Kier alpha value is -3.55. The molecule has 2 atom stereocenters. The second kappa shape index (κ2) is 8.10. The Morgan fingerprint density at radius 2 is 1.79 bits per heavy atom. The van der Waals surface area contributed by atoms with E-state index in [1.165, 1.54) is 14.2 Å². The Kier molecular flexibility index (Phi) is 5.23. The number of hydrazone groups is 1. The topological polar surface area (TPSA) is 83.4 Å². The maximum atomic E-state index is 13.8. The van der Waals surface area contributed by atoms with Crippen LogP contribution >= 0.6 is 11.6 Å². The van der Waals surface area contributed by atoms with E-state index in [1.807, 2.05) is 30.3 Å². The Bertz CT molecular complexity index is 1250. The second-order valence-corrected chi connectivity index (χ2v) is 8.36. The van der Waals surface area contributed by atoms with Crippen LogP contribution in [-0.2, 0) is 4.79 Å². The number of halogens is 1. The molecule has 2 aliphatic rings. The number of carbonyl (C=O) groups is 1. The van der Waals surface area contributed by atoms with Gasteiger partial charge < -0.3 is 19.9 Å². The summed E-state index contributed by atoms with van der Waals surface area (Å²) in [5.74, 6) is 0.429. The van der Waals surface area contributed by atoms with Crippen molar-refractivity contribution in [3.05, 3.63) is 82.9 Å². The molecule has 0 unspecified atom stereocenters. The quantitative estimate of drug-likeness (QED) is 0.599. The van der Waals surface area contributed by atoms with Crippen molar-refractivity contribution in [3.8, 4) is 11.5 Å². The minimum absolute atomic E-state index is 0.209. The third-order valence-corrected chi connectivity index (χ3v) is 6.42. The number of nitrogens with one attached hydrogen (secondary N) is 1. The molecule has 2 aliphatic heterocycles. The van der Waals surface area contributed by atoms with E-state index >= 15 is 0 Å². The van der Waals surface area contributed by atoms with Crippen LogP contribution < -0.4 is 19.8 Å². The van der Waals surface area contributed by atoms with Crippen LogP contribution in [0.15, 0.2) is 71.8 Å². The van der Waals surface area contributed by atoms with Gasteiger partial charge in [0.05, 0.1) is 31.3 Å². The van der Waals surface area contributed by atoms with Crippen molar-refractivity contribution in [2.45, 2.75) is 18.1 Å². The lowest BCUT2D eigenvalue weighted by Crippen LogP contribution is -2.59. The van der Waals surface area contributed by atoms with Crippen LogP contribution in [0.25, 0.3) is 0 Å². The van der Waals surface area contributed by atoms with Crippen molar-refractivity contribution in [2.75, 3.05) is 24.5 Å². The van der Waals surface area contributed by atoms with Crippen molar-refractivity contribution in [1.29, 1.82) is 0 Å². The zero-order valence-electron chi connectivity index (χ0n) is 18.1. The summed E-state index contributed by atoms with van der Waals surface area (Å²) in [6.07, 6.45) is -0.984. The van der Waals surface area contributed by atoms with Gasteiger partial charge in [-0.05, 0) is 35.9 Å². The van der Waals surface area contributed by atoms with Crippen molar-refractivity contribution in [2.24, 2.45) is 5.10 Å². The summed E-state index contributed by atoms with van der Waals surface area (Å²) in [6, 6.07) is 20.1. The predicted octanol–water partition coefficient (Wildman–Crippen LogP) is 4.40. The van der Waals surface area contributed by atoms with E-state index in [0.717, 1.165) is 5.56 Å². The number of carbonyl (C=O) groups excluding carboxylic acids is 1. The van der Waals surface area contributed by atoms with Gasteiger partial charge in [-0.25, -0.2) is 5.01 Å². The van der Waals surface area contributed by atoms with Crippen molar-refractivity contribution >= 4 is 34.6 Å². The summed E-state index contributed by atoms with van der Waals surface area (Å²) < 4.78 is 10.9. The molecule has 33 heavy (non-hydrogen) atoms. The van der Waals surface area contributed by atoms with Gasteiger partial charge in [-0.3, -0.25) is 4.79 Å². The number of fused-ring (bicyclic) bond motifs is 1. The molecule has 2 heterocycles. The summed E-state index contributed by atoms with van der Waals surface area (Å²) in [5, 5.41) is 21.7. The fraction of sp³-hybridized carbons (Fsp3) is 0.200. The number of rotatable bonds is 4. The van der Waals surface area contributed by atoms with Gasteiger partial charge >= 0.3 is 0 Å². The van der Waals surface area contributed by atoms with Crippen LogP contribution in [0.1, 0.15) is 23.7 Å². The fourth-order valence-electron chi connectivity index (χ4n) is 4.53. The third-order valence-electron chi connectivity index (χ3n) is 6.17. The lowest BCUT2D eigenvalue weighted by Gasteiger charge is -2.43. The molecule has 1 spiro atoms. The number of benzene rings is 3. The molecule has 3 aromatic carbocycles. The molecule has 3 aromatic rings. The molecule has 8 heteroatoms. The van der Waals surface area contributed by atoms with Crippen molar-refractivity contribution < 1.29 is 19.4 Å². The molecule has 1 amide bonds. The summed E-state index contributed by atoms with van der Waals surface area (Å²) in [6.45, 7) is 0. The van der Waals surface area contributed by atoms with E-state index in [2.05, 4.69) is 5.32 Å². The van der Waals surface area contributed by atoms with E-state index in [4.69, 9.17) is 26.2 Å². The largest absolute Gasteiger partial charge is 0.493 e. The Labute approximate surface area is 196 Å². The predicted molar refractivity (Wildman–Crippen MR) is 127 cm³/mol. The minimum Gasteiger partial charge on any atom is -0.493 e. The van der Waals surface area contributed by atoms with Gasteiger partial charge in [-0.2, -0.15) is 5.10 Å². The molecule has 0 saturated carbocycles. The van der Waals surface area contributed by atoms with Gasteiger partial charge in [-0.1, -0.05) is 48.0 Å². The van der Waals surface area contributed by atoms with E-state index in [0.29, 0.717) is 39.2 Å². The molecule has 7 nitrogen and oxygen atoms in total. The zero-order valence-corrected chi connectivity index (χ0v) is 18.8. The lowest BCUT2D eigenvalue weighted by molar-refractivity contribution is -0.125. The highest BCUT2D eigenvalue weighted by Gasteiger charge is 2.58. The standard InChI is InChI=1S/C25H22ClN3O4/c1-32-20-13-12-18-21(22(20)33-2)27-24(31)25(23(18)30)14-19(15-6-4-3-5-7-15)28-29(25)17-10-8-16(26)9-11-17/h3-13,23,30H,14H2,1-2H3,(H,27,31)/t23-,25-/m1/s1. The van der Waals surface area contributed by atoms with E-state index < -0.39 is 17.6 Å². The number of aliphatic hydroxyl groups is 1. The van der Waals surface area contributed by atoms with Gasteiger partial charge in [-0.15, -0.1) is 0 Å². The summed E-state index contributed by atoms with van der Waals surface area (Å²) >= 11 is 6.10. The number of ether oxygens (including phenoxy) is 2. The number of hydrogen-bond donors (Lipinski definition) is 2. The summed E-state index contributed by atoms with van der Waals surface area (Å²) in [5.41, 5.74) is 1.74. The van der Waals surface area contributed by atoms with Crippen LogP contribution in [0, 0.1) is 0 Å². The van der Waals surface area contributed by atoms with Crippen molar-refractivity contribution in [3.63, 3.8) is 0 Å². The number of nitrogens with zero attached hydrogens (tertiary/aromatic N) is 2. The molecule has 5 rings (SSSR count). The summed E-state index contributed by atoms with van der Waals surface area (Å²) in [7, 11) is 3.01. The average Bonchev–Trinajstić information content (AvgIpc) is 3.25. The van der Waals surface area contributed by atoms with Gasteiger partial charge in [0.2, 0.25) is 0 Å². The zero-order chi connectivity index (χ0) is 23.2. The first-order valence-electron chi connectivity index (χ1n) is 10.4. The number of aliphatic hydroxyl groups excluding tert-OH is 1. The smallest absolute Gasteiger partial charge is 0.255 e. The number of methoxy groups -OCH3 is 2. The first kappa shape index (κ1) is 21.3. The van der Waals surface area contributed by atoms with Gasteiger partial charge in [0.15, 0.2) is 17.0 Å². The monoisotopic (exact) mass is 463 g/mol. The van der Waals surface area contributed by atoms with Crippen LogP contribution in [0.3, 0.4) is 0 Å². The lowest BCUT2D eigenvalue weighted by atomic mass is 9.78. The Balaban J connectivity index is 1.68. The third kappa shape index (κ3) is 3.23. The summed E-state index contributed by atoms with van der Waals surface area (Å²) in [4.78, 5) is 13.8. The van der Waals surface area contributed by atoms with E-state index in [-0.39, 0.29) is 6.42 Å². The number of amides is 1. The Morgan fingerprint density at radius 3 is 2.45 bits per heavy atom. The molecular formula is C25H22ClN3O4. The maximum absolute atomic E-state index is 13.8. The number of hydrogen-bond acceptors (Lipinski definition) is 6. The van der Waals surface area contributed by atoms with E-state index in [9.17, 15) is 9.90 Å². The first-order chi connectivity index (χ1) is 16.0. The maximum Gasteiger partial charge on any atom is 0.255 e. The van der Waals surface area contributed by atoms with Gasteiger partial charge in [0.1, 0.15) is 6.10 Å². The molecule has 0 bridgehead atoms. The van der Waals surface area contributed by atoms with E-state index in [1.54, 1.807) is 41.4 Å². The molecule has 2 N–H and O–H groups in total. The Morgan fingerprint density at radius 1 is 1.06 bits per heavy atom.